The van der Waals surface area contributed by atoms with Crippen molar-refractivity contribution in [2.75, 3.05) is 37.5 Å². The standard InChI is InChI=1S/C24H23FN4O3/c1-31-18-4-6-21(22(12-18)32-2)28-24(30)15-7-9-29(10-8-15)23-16(13-26)14-27-20-5-3-17(25)11-19(20)23/h3-6,11-12,14-15H,7-10H2,1-2H3,(H,28,30). The van der Waals surface area contributed by atoms with Gasteiger partial charge >= 0.3 is 0 Å². The predicted octanol–water partition coefficient (Wildman–Crippen LogP) is 4.12. The highest BCUT2D eigenvalue weighted by atomic mass is 19.1. The van der Waals surface area contributed by atoms with Crippen LogP contribution in [0.4, 0.5) is 15.8 Å². The fraction of sp³-hybridized carbons (Fsp3) is 0.292. The molecule has 1 aliphatic heterocycles. The summed E-state index contributed by atoms with van der Waals surface area (Å²) in [7, 11) is 3.11. The minimum Gasteiger partial charge on any atom is -0.497 e. The van der Waals surface area contributed by atoms with E-state index in [0.29, 0.717) is 65.3 Å². The number of anilines is 2. The number of carbonyl (C=O) groups is 1. The largest absolute Gasteiger partial charge is 0.497 e. The van der Waals surface area contributed by atoms with E-state index in [-0.39, 0.29) is 17.6 Å². The predicted molar refractivity (Wildman–Crippen MR) is 120 cm³/mol. The molecule has 1 N–H and O–H groups in total. The Bertz CT molecular complexity index is 1200. The SMILES string of the molecule is COc1ccc(NC(=O)C2CCN(c3c(C#N)cnc4ccc(F)cc34)CC2)c(OC)c1. The number of hydrogen-bond acceptors (Lipinski definition) is 6. The quantitative estimate of drug-likeness (QED) is 0.650. The van der Waals surface area contributed by atoms with Crippen molar-refractivity contribution in [2.45, 2.75) is 12.8 Å². The lowest BCUT2D eigenvalue weighted by molar-refractivity contribution is -0.120. The minimum atomic E-state index is -0.377. The van der Waals surface area contributed by atoms with Crippen molar-refractivity contribution >= 4 is 28.2 Å². The van der Waals surface area contributed by atoms with E-state index in [9.17, 15) is 14.4 Å². The molecule has 164 valence electrons. The van der Waals surface area contributed by atoms with Crippen LogP contribution >= 0.6 is 0 Å². The fourth-order valence-corrected chi connectivity index (χ4v) is 4.08. The number of rotatable bonds is 5. The number of halogens is 1. The first-order valence-electron chi connectivity index (χ1n) is 10.3. The summed E-state index contributed by atoms with van der Waals surface area (Å²) >= 11 is 0. The Morgan fingerprint density at radius 3 is 2.66 bits per heavy atom. The van der Waals surface area contributed by atoms with Crippen LogP contribution in [-0.2, 0) is 4.79 Å². The van der Waals surface area contributed by atoms with Crippen molar-refractivity contribution in [1.82, 2.24) is 4.98 Å². The van der Waals surface area contributed by atoms with Crippen molar-refractivity contribution in [1.29, 1.82) is 5.26 Å². The van der Waals surface area contributed by atoms with E-state index >= 15 is 0 Å². The number of nitrogens with zero attached hydrogens (tertiary/aromatic N) is 3. The number of piperidine rings is 1. The van der Waals surface area contributed by atoms with Gasteiger partial charge in [0, 0.05) is 36.7 Å². The fourth-order valence-electron chi connectivity index (χ4n) is 4.08. The van der Waals surface area contributed by atoms with E-state index < -0.39 is 0 Å². The molecule has 3 aromatic rings. The third kappa shape index (κ3) is 4.14. The molecule has 0 atom stereocenters. The maximum absolute atomic E-state index is 13.9. The van der Waals surface area contributed by atoms with Gasteiger partial charge in [0.2, 0.25) is 5.91 Å². The lowest BCUT2D eigenvalue weighted by Gasteiger charge is -2.34. The van der Waals surface area contributed by atoms with Gasteiger partial charge < -0.3 is 19.7 Å². The lowest BCUT2D eigenvalue weighted by atomic mass is 9.94. The number of ether oxygens (including phenoxy) is 2. The summed E-state index contributed by atoms with van der Waals surface area (Å²) in [6.07, 6.45) is 2.73. The lowest BCUT2D eigenvalue weighted by Crippen LogP contribution is -2.38. The highest BCUT2D eigenvalue weighted by molar-refractivity contribution is 5.96. The second kappa shape index (κ2) is 9.10. The Kier molecular flexibility index (Phi) is 6.08. The van der Waals surface area contributed by atoms with E-state index in [1.54, 1.807) is 31.4 Å². The van der Waals surface area contributed by atoms with Crippen LogP contribution in [-0.4, -0.2) is 38.2 Å². The summed E-state index contributed by atoms with van der Waals surface area (Å²) in [4.78, 5) is 19.2. The van der Waals surface area contributed by atoms with Crippen molar-refractivity contribution in [2.24, 2.45) is 5.92 Å². The first-order valence-corrected chi connectivity index (χ1v) is 10.3. The molecule has 0 bridgehead atoms. The number of pyridine rings is 1. The van der Waals surface area contributed by atoms with E-state index in [4.69, 9.17) is 9.47 Å². The van der Waals surface area contributed by atoms with Crippen LogP contribution in [0.15, 0.2) is 42.6 Å². The molecule has 0 unspecified atom stereocenters. The number of nitrogens with one attached hydrogen (secondary N) is 1. The highest BCUT2D eigenvalue weighted by Gasteiger charge is 2.28. The van der Waals surface area contributed by atoms with Crippen molar-refractivity contribution in [3.05, 3.63) is 54.0 Å². The zero-order chi connectivity index (χ0) is 22.7. The molecule has 1 amide bonds. The van der Waals surface area contributed by atoms with Crippen LogP contribution in [0.5, 0.6) is 11.5 Å². The molecule has 1 aromatic heterocycles. The molecular weight excluding hydrogens is 411 g/mol. The van der Waals surface area contributed by atoms with Gasteiger partial charge in [0.05, 0.1) is 36.7 Å². The average Bonchev–Trinajstić information content (AvgIpc) is 2.83. The number of amides is 1. The Morgan fingerprint density at radius 2 is 1.97 bits per heavy atom. The normalized spacial score (nSPS) is 14.1. The molecule has 7 nitrogen and oxygen atoms in total. The third-order valence-corrected chi connectivity index (χ3v) is 5.77. The van der Waals surface area contributed by atoms with E-state index in [1.807, 2.05) is 4.90 Å². The summed E-state index contributed by atoms with van der Waals surface area (Å²) in [6, 6.07) is 11.8. The Balaban J connectivity index is 1.50. The number of carbonyl (C=O) groups excluding carboxylic acids is 1. The molecule has 0 spiro atoms. The highest BCUT2D eigenvalue weighted by Crippen LogP contribution is 2.34. The first-order chi connectivity index (χ1) is 15.5. The van der Waals surface area contributed by atoms with Crippen molar-refractivity contribution in [3.8, 4) is 17.6 Å². The van der Waals surface area contributed by atoms with E-state index in [2.05, 4.69) is 16.4 Å². The number of aromatic nitrogens is 1. The maximum atomic E-state index is 13.9. The second-order valence-electron chi connectivity index (χ2n) is 7.61. The average molecular weight is 434 g/mol. The van der Waals surface area contributed by atoms with Gasteiger partial charge in [-0.3, -0.25) is 9.78 Å². The molecule has 2 heterocycles. The van der Waals surface area contributed by atoms with Crippen molar-refractivity contribution in [3.63, 3.8) is 0 Å². The van der Waals surface area contributed by atoms with Crippen LogP contribution in [0.25, 0.3) is 10.9 Å². The van der Waals surface area contributed by atoms with Crippen LogP contribution in [0, 0.1) is 23.1 Å². The zero-order valence-electron chi connectivity index (χ0n) is 17.9. The molecule has 1 aliphatic rings. The molecule has 32 heavy (non-hydrogen) atoms. The smallest absolute Gasteiger partial charge is 0.227 e. The van der Waals surface area contributed by atoms with Gasteiger partial charge in [0.1, 0.15) is 23.4 Å². The number of benzene rings is 2. The van der Waals surface area contributed by atoms with Crippen molar-refractivity contribution < 1.29 is 18.7 Å². The van der Waals surface area contributed by atoms with Gasteiger partial charge in [-0.15, -0.1) is 0 Å². The number of hydrogen-bond donors (Lipinski definition) is 1. The molecule has 0 aliphatic carbocycles. The summed E-state index contributed by atoms with van der Waals surface area (Å²) < 4.78 is 24.5. The van der Waals surface area contributed by atoms with Gasteiger partial charge in [-0.05, 0) is 43.2 Å². The van der Waals surface area contributed by atoms with Gasteiger partial charge in [-0.1, -0.05) is 0 Å². The molecular formula is C24H23FN4O3. The topological polar surface area (TPSA) is 87.5 Å². The molecule has 8 heteroatoms. The first kappa shape index (κ1) is 21.4. The minimum absolute atomic E-state index is 0.0840. The summed E-state index contributed by atoms with van der Waals surface area (Å²) in [5.74, 6) is 0.521. The Hall–Kier alpha value is -3.86. The van der Waals surface area contributed by atoms with Gasteiger partial charge in [-0.25, -0.2) is 4.39 Å². The van der Waals surface area contributed by atoms with Gasteiger partial charge in [-0.2, -0.15) is 5.26 Å². The van der Waals surface area contributed by atoms with Gasteiger partial charge in [0.15, 0.2) is 0 Å². The second-order valence-corrected chi connectivity index (χ2v) is 7.61. The Morgan fingerprint density at radius 1 is 1.19 bits per heavy atom. The van der Waals surface area contributed by atoms with E-state index in [0.717, 1.165) is 0 Å². The molecule has 2 aromatic carbocycles. The molecule has 1 fully saturated rings. The molecule has 0 radical (unpaired) electrons. The summed E-state index contributed by atoms with van der Waals surface area (Å²) in [6.45, 7) is 1.14. The van der Waals surface area contributed by atoms with E-state index in [1.165, 1.54) is 25.4 Å². The van der Waals surface area contributed by atoms with Crippen LogP contribution in [0.1, 0.15) is 18.4 Å². The Labute approximate surface area is 185 Å². The summed E-state index contributed by atoms with van der Waals surface area (Å²) in [5.41, 5.74) is 2.29. The van der Waals surface area contributed by atoms with Crippen LogP contribution in [0.2, 0.25) is 0 Å². The van der Waals surface area contributed by atoms with Gasteiger partial charge in [0.25, 0.3) is 0 Å². The zero-order valence-corrected chi connectivity index (χ0v) is 17.9. The third-order valence-electron chi connectivity index (χ3n) is 5.77. The number of methoxy groups -OCH3 is 2. The molecule has 0 saturated carbocycles. The van der Waals surface area contributed by atoms with Crippen LogP contribution < -0.4 is 19.7 Å². The molecule has 4 rings (SSSR count). The monoisotopic (exact) mass is 434 g/mol. The number of nitriles is 1. The number of fused-ring (bicyclic) bond motifs is 1. The summed E-state index contributed by atoms with van der Waals surface area (Å²) in [5, 5.41) is 13.1. The molecule has 1 saturated heterocycles. The van der Waals surface area contributed by atoms with Crippen LogP contribution in [0.3, 0.4) is 0 Å². The maximum Gasteiger partial charge on any atom is 0.227 e.